The number of carbonyl (C=O) groups excluding carboxylic acids is 1. The van der Waals surface area contributed by atoms with Gasteiger partial charge in [-0.2, -0.15) is 4.36 Å². The third-order valence-corrected chi connectivity index (χ3v) is 6.96. The van der Waals surface area contributed by atoms with Gasteiger partial charge in [-0.05, 0) is 24.0 Å². The average molecular weight is 402 g/mol. The molecule has 146 valence electrons. The molecule has 0 aliphatic carbocycles. The van der Waals surface area contributed by atoms with Gasteiger partial charge in [-0.3, -0.25) is 4.79 Å². The van der Waals surface area contributed by atoms with Crippen molar-refractivity contribution in [2.75, 3.05) is 6.26 Å². The van der Waals surface area contributed by atoms with Gasteiger partial charge in [0.15, 0.2) is 5.78 Å². The van der Waals surface area contributed by atoms with Crippen LogP contribution in [-0.4, -0.2) is 16.2 Å². The normalized spacial score (nSPS) is 18.2. The van der Waals surface area contributed by atoms with Crippen molar-refractivity contribution in [3.8, 4) is 0 Å². The Balaban J connectivity index is 1.67. The quantitative estimate of drug-likeness (QED) is 0.526. The predicted octanol–water partition coefficient (Wildman–Crippen LogP) is 5.56. The Hall–Kier alpha value is -2.98. The zero-order valence-electron chi connectivity index (χ0n) is 16.4. The molecule has 0 radical (unpaired) electrons. The zero-order chi connectivity index (χ0) is 20.3. The number of allylic oxidation sites excluding steroid dienone is 1. The highest BCUT2D eigenvalue weighted by atomic mass is 32.2. The Morgan fingerprint density at radius 2 is 1.62 bits per heavy atom. The smallest absolute Gasteiger partial charge is 0.163 e. The lowest BCUT2D eigenvalue weighted by Gasteiger charge is -2.14. The summed E-state index contributed by atoms with van der Waals surface area (Å²) in [4.78, 5) is 13.3. The molecule has 0 amide bonds. The molecule has 1 heterocycles. The lowest BCUT2D eigenvalue weighted by atomic mass is 10.00. The van der Waals surface area contributed by atoms with Gasteiger partial charge in [-0.15, -0.1) is 0 Å². The number of rotatable bonds is 5. The van der Waals surface area contributed by atoms with E-state index in [1.807, 2.05) is 84.9 Å². The van der Waals surface area contributed by atoms with Gasteiger partial charge in [0, 0.05) is 23.8 Å². The van der Waals surface area contributed by atoms with E-state index in [-0.39, 0.29) is 5.78 Å². The molecule has 29 heavy (non-hydrogen) atoms. The fourth-order valence-corrected chi connectivity index (χ4v) is 5.70. The van der Waals surface area contributed by atoms with Crippen LogP contribution in [0.15, 0.2) is 94.2 Å². The van der Waals surface area contributed by atoms with Crippen LogP contribution in [0.25, 0.3) is 5.70 Å². The molecule has 3 aromatic rings. The molecule has 3 nitrogen and oxygen atoms in total. The first-order valence-electron chi connectivity index (χ1n) is 9.71. The van der Waals surface area contributed by atoms with Gasteiger partial charge in [0.25, 0.3) is 0 Å². The molecule has 4 heteroatoms. The fraction of sp³-hybridized carbons (Fsp3) is 0.160. The summed E-state index contributed by atoms with van der Waals surface area (Å²) in [6.07, 6.45) is 5.36. The molecule has 0 bridgehead atoms. The van der Waals surface area contributed by atoms with Crippen molar-refractivity contribution in [3.63, 3.8) is 0 Å². The molecule has 0 fully saturated rings. The van der Waals surface area contributed by atoms with Crippen molar-refractivity contribution in [1.82, 2.24) is 0 Å². The number of Topliss-reactive ketones (excluding diaryl/α,β-unsaturated/α-hetero) is 1. The zero-order valence-corrected chi connectivity index (χ0v) is 17.2. The van der Waals surface area contributed by atoms with E-state index in [1.54, 1.807) is 6.26 Å². The van der Waals surface area contributed by atoms with Crippen LogP contribution in [0.4, 0.5) is 0 Å². The summed E-state index contributed by atoms with van der Waals surface area (Å²) in [5.74, 6) is 0.0967. The van der Waals surface area contributed by atoms with Gasteiger partial charge in [0.2, 0.25) is 0 Å². The number of ketones is 1. The molecule has 1 aliphatic heterocycles. The van der Waals surface area contributed by atoms with Gasteiger partial charge in [-0.1, -0.05) is 84.9 Å². The van der Waals surface area contributed by atoms with Crippen molar-refractivity contribution in [3.05, 3.63) is 107 Å². The van der Waals surface area contributed by atoms with Crippen molar-refractivity contribution >= 4 is 21.2 Å². The number of benzene rings is 3. The topological polar surface area (TPSA) is 46.5 Å². The summed E-state index contributed by atoms with van der Waals surface area (Å²) < 4.78 is 18.3. The molecular weight excluding hydrogens is 378 g/mol. The summed E-state index contributed by atoms with van der Waals surface area (Å²) in [7, 11) is -2.62. The Morgan fingerprint density at radius 3 is 2.34 bits per heavy atom. The molecule has 4 rings (SSSR count). The molecule has 0 aromatic heterocycles. The molecule has 1 aliphatic rings. The Labute approximate surface area is 172 Å². The molecule has 0 spiro atoms. The summed E-state index contributed by atoms with van der Waals surface area (Å²) in [6.45, 7) is 0. The largest absolute Gasteiger partial charge is 0.294 e. The van der Waals surface area contributed by atoms with Crippen molar-refractivity contribution in [2.45, 2.75) is 24.2 Å². The van der Waals surface area contributed by atoms with E-state index in [9.17, 15) is 9.00 Å². The third kappa shape index (κ3) is 4.22. The average Bonchev–Trinajstić information content (AvgIpc) is 2.89. The van der Waals surface area contributed by atoms with Crippen molar-refractivity contribution in [2.24, 2.45) is 4.36 Å². The number of aryl methyl sites for hydroxylation is 1. The Bertz CT molecular complexity index is 1190. The number of fused-ring (bicyclic) bond motifs is 1. The van der Waals surface area contributed by atoms with Crippen LogP contribution >= 0.6 is 0 Å². The fourth-order valence-electron chi connectivity index (χ4n) is 3.76. The van der Waals surface area contributed by atoms with Crippen LogP contribution in [0.1, 0.15) is 33.5 Å². The second-order valence-corrected chi connectivity index (χ2v) is 9.44. The number of hydrogen-bond donors (Lipinski definition) is 0. The highest BCUT2D eigenvalue weighted by Gasteiger charge is 2.21. The van der Waals surface area contributed by atoms with E-state index in [1.165, 1.54) is 0 Å². The minimum Gasteiger partial charge on any atom is -0.294 e. The second kappa shape index (κ2) is 8.18. The lowest BCUT2D eigenvalue weighted by Crippen LogP contribution is -2.08. The minimum absolute atomic E-state index is 0.0967. The first kappa shape index (κ1) is 19.3. The van der Waals surface area contributed by atoms with Crippen LogP contribution in [0, 0.1) is 0 Å². The maximum absolute atomic E-state index is 13.7. The Morgan fingerprint density at radius 1 is 0.931 bits per heavy atom. The van der Waals surface area contributed by atoms with Gasteiger partial charge < -0.3 is 0 Å². The predicted molar refractivity (Wildman–Crippen MR) is 118 cm³/mol. The Kier molecular flexibility index (Phi) is 5.45. The van der Waals surface area contributed by atoms with Crippen LogP contribution in [0.5, 0.6) is 0 Å². The summed E-state index contributed by atoms with van der Waals surface area (Å²) in [5.41, 5.74) is 4.42. The first-order chi connectivity index (χ1) is 14.0. The van der Waals surface area contributed by atoms with Crippen LogP contribution in [0.3, 0.4) is 0 Å². The van der Waals surface area contributed by atoms with Crippen molar-refractivity contribution < 1.29 is 9.00 Å². The minimum atomic E-state index is -2.62. The molecular formula is C25H23NO2S. The molecule has 1 atom stereocenters. The summed E-state index contributed by atoms with van der Waals surface area (Å²) in [5, 5.41) is 0. The standard InChI is InChI=1S/C25H23NO2S/c1-29(28)25-21(15-17-23(26-29)19-9-4-2-5-10-19)13-8-14-22(25)16-18-24(27)20-11-6-3-7-12-20/h2-14,17H,15-16,18H2,1H3/t29-/m0/s1. The molecule has 3 aromatic carbocycles. The highest BCUT2D eigenvalue weighted by molar-refractivity contribution is 7.93. The van der Waals surface area contributed by atoms with Gasteiger partial charge in [-0.25, -0.2) is 4.21 Å². The van der Waals surface area contributed by atoms with Crippen LogP contribution in [-0.2, 0) is 22.6 Å². The SMILES string of the molecule is C[S@@]1(=O)=NC(c2ccccc2)=CCc2cccc(CCC(=O)c3ccccc3)c21. The van der Waals surface area contributed by atoms with E-state index in [4.69, 9.17) is 0 Å². The second-order valence-electron chi connectivity index (χ2n) is 7.25. The van der Waals surface area contributed by atoms with E-state index in [0.717, 1.165) is 27.3 Å². The van der Waals surface area contributed by atoms with E-state index < -0.39 is 9.73 Å². The number of carbonyl (C=O) groups is 1. The molecule has 0 N–H and O–H groups in total. The van der Waals surface area contributed by atoms with Crippen molar-refractivity contribution in [1.29, 1.82) is 0 Å². The maximum atomic E-state index is 13.7. The number of nitrogens with zero attached hydrogens (tertiary/aromatic N) is 1. The third-order valence-electron chi connectivity index (χ3n) is 5.13. The van der Waals surface area contributed by atoms with Gasteiger partial charge >= 0.3 is 0 Å². The highest BCUT2D eigenvalue weighted by Crippen LogP contribution is 2.31. The summed E-state index contributed by atoms with van der Waals surface area (Å²) >= 11 is 0. The summed E-state index contributed by atoms with van der Waals surface area (Å²) in [6, 6.07) is 25.1. The number of hydrogen-bond acceptors (Lipinski definition) is 3. The van der Waals surface area contributed by atoms with E-state index in [2.05, 4.69) is 4.36 Å². The van der Waals surface area contributed by atoms with Gasteiger partial charge in [0.1, 0.15) is 0 Å². The lowest BCUT2D eigenvalue weighted by molar-refractivity contribution is 0.0982. The first-order valence-corrected chi connectivity index (χ1v) is 11.6. The monoisotopic (exact) mass is 401 g/mol. The van der Waals surface area contributed by atoms with Crippen LogP contribution in [0.2, 0.25) is 0 Å². The van der Waals surface area contributed by atoms with E-state index >= 15 is 0 Å². The molecule has 0 saturated heterocycles. The van der Waals surface area contributed by atoms with Gasteiger partial charge in [0.05, 0.1) is 20.3 Å². The molecule has 0 unspecified atom stereocenters. The molecule has 0 saturated carbocycles. The van der Waals surface area contributed by atoms with E-state index in [0.29, 0.717) is 24.8 Å². The van der Waals surface area contributed by atoms with Crippen LogP contribution < -0.4 is 0 Å². The maximum Gasteiger partial charge on any atom is 0.163 e.